The molecule has 0 fully saturated rings. The number of aromatic nitrogens is 2. The summed E-state index contributed by atoms with van der Waals surface area (Å²) in [5, 5.41) is 9.80. The van der Waals surface area contributed by atoms with Crippen LogP contribution < -0.4 is 5.73 Å². The van der Waals surface area contributed by atoms with Crippen LogP contribution in [-0.2, 0) is 0 Å². The van der Waals surface area contributed by atoms with Crippen molar-refractivity contribution in [3.8, 4) is 11.4 Å². The lowest BCUT2D eigenvalue weighted by molar-refractivity contribution is 0.187. The van der Waals surface area contributed by atoms with Gasteiger partial charge in [0.1, 0.15) is 5.82 Å². The van der Waals surface area contributed by atoms with E-state index < -0.39 is 6.10 Å². The second-order valence-corrected chi connectivity index (χ2v) is 4.93. The van der Waals surface area contributed by atoms with Crippen molar-refractivity contribution in [1.29, 1.82) is 0 Å². The first-order valence-electron chi connectivity index (χ1n) is 6.63. The first-order valence-corrected chi connectivity index (χ1v) is 6.63. The zero-order valence-corrected chi connectivity index (χ0v) is 11.3. The van der Waals surface area contributed by atoms with Crippen LogP contribution in [0.2, 0.25) is 0 Å². The number of benzene rings is 2. The van der Waals surface area contributed by atoms with Crippen LogP contribution in [0.15, 0.2) is 42.5 Å². The Morgan fingerprint density at radius 2 is 2.05 bits per heavy atom. The first-order chi connectivity index (χ1) is 9.69. The number of nitrogens with two attached hydrogens (primary N) is 1. The number of imidazole rings is 1. The zero-order chi connectivity index (χ0) is 14.1. The molecular formula is C16H17N3O. The summed E-state index contributed by atoms with van der Waals surface area (Å²) in [6.45, 7) is 2.27. The van der Waals surface area contributed by atoms with Crippen LogP contribution in [0.5, 0.6) is 0 Å². The number of rotatable bonds is 3. The molecule has 0 bridgehead atoms. The van der Waals surface area contributed by atoms with Gasteiger partial charge in [-0.3, -0.25) is 0 Å². The molecule has 3 aromatic rings. The van der Waals surface area contributed by atoms with E-state index in [0.717, 1.165) is 28.0 Å². The fourth-order valence-electron chi connectivity index (χ4n) is 2.34. The number of hydrogen-bond acceptors (Lipinski definition) is 3. The monoisotopic (exact) mass is 267 g/mol. The molecule has 102 valence electrons. The predicted molar refractivity (Wildman–Crippen MR) is 80.3 cm³/mol. The SMILES string of the molecule is Cc1ccccc1-c1nc2ccc(C(O)CN)cc2[nH]1. The van der Waals surface area contributed by atoms with E-state index in [2.05, 4.69) is 23.0 Å². The highest BCUT2D eigenvalue weighted by Crippen LogP contribution is 2.25. The van der Waals surface area contributed by atoms with Crippen molar-refractivity contribution in [2.45, 2.75) is 13.0 Å². The average molecular weight is 267 g/mol. The standard InChI is InChI=1S/C16H17N3O/c1-10-4-2-3-5-12(10)16-18-13-7-6-11(15(20)9-17)8-14(13)19-16/h2-8,15,20H,9,17H2,1H3,(H,18,19). The van der Waals surface area contributed by atoms with Crippen molar-refractivity contribution in [2.75, 3.05) is 6.54 Å². The van der Waals surface area contributed by atoms with Crippen LogP contribution in [-0.4, -0.2) is 21.6 Å². The molecule has 0 aliphatic heterocycles. The van der Waals surface area contributed by atoms with Gasteiger partial charge in [-0.15, -0.1) is 0 Å². The van der Waals surface area contributed by atoms with Gasteiger partial charge >= 0.3 is 0 Å². The number of hydrogen-bond donors (Lipinski definition) is 3. The molecule has 3 rings (SSSR count). The van der Waals surface area contributed by atoms with Crippen molar-refractivity contribution in [2.24, 2.45) is 5.73 Å². The molecule has 0 spiro atoms. The molecule has 0 aliphatic carbocycles. The van der Waals surface area contributed by atoms with Crippen molar-refractivity contribution in [3.05, 3.63) is 53.6 Å². The van der Waals surface area contributed by atoms with Gasteiger partial charge in [0.15, 0.2) is 0 Å². The van der Waals surface area contributed by atoms with Gasteiger partial charge in [0.25, 0.3) is 0 Å². The van der Waals surface area contributed by atoms with Crippen LogP contribution in [0.3, 0.4) is 0 Å². The lowest BCUT2D eigenvalue weighted by atomic mass is 10.1. The van der Waals surface area contributed by atoms with Crippen LogP contribution >= 0.6 is 0 Å². The Labute approximate surface area is 117 Å². The van der Waals surface area contributed by atoms with Gasteiger partial charge in [0.2, 0.25) is 0 Å². The number of aromatic amines is 1. The lowest BCUT2D eigenvalue weighted by Crippen LogP contribution is -2.11. The second kappa shape index (κ2) is 5.07. The molecular weight excluding hydrogens is 250 g/mol. The molecule has 4 nitrogen and oxygen atoms in total. The normalized spacial score (nSPS) is 12.8. The quantitative estimate of drug-likeness (QED) is 0.682. The number of nitrogens with zero attached hydrogens (tertiary/aromatic N) is 1. The summed E-state index contributed by atoms with van der Waals surface area (Å²) in [7, 11) is 0. The minimum Gasteiger partial charge on any atom is -0.387 e. The maximum absolute atomic E-state index is 9.80. The third kappa shape index (κ3) is 2.19. The Morgan fingerprint density at radius 1 is 1.25 bits per heavy atom. The van der Waals surface area contributed by atoms with Crippen molar-refractivity contribution in [1.82, 2.24) is 9.97 Å². The third-order valence-corrected chi connectivity index (χ3v) is 3.51. The molecule has 1 unspecified atom stereocenters. The first kappa shape index (κ1) is 12.8. The van der Waals surface area contributed by atoms with Gasteiger partial charge in [-0.05, 0) is 30.2 Å². The molecule has 20 heavy (non-hydrogen) atoms. The van der Waals surface area contributed by atoms with E-state index in [1.807, 2.05) is 36.4 Å². The Hall–Kier alpha value is -2.17. The van der Waals surface area contributed by atoms with Crippen molar-refractivity contribution >= 4 is 11.0 Å². The zero-order valence-electron chi connectivity index (χ0n) is 11.3. The fourth-order valence-corrected chi connectivity index (χ4v) is 2.34. The van der Waals surface area contributed by atoms with Crippen LogP contribution in [0, 0.1) is 6.92 Å². The molecule has 1 aromatic heterocycles. The number of aliphatic hydroxyl groups excluding tert-OH is 1. The molecule has 2 aromatic carbocycles. The second-order valence-electron chi connectivity index (χ2n) is 4.93. The van der Waals surface area contributed by atoms with E-state index in [1.54, 1.807) is 0 Å². The summed E-state index contributed by atoms with van der Waals surface area (Å²) in [6, 6.07) is 13.8. The number of aliphatic hydroxyl groups is 1. The van der Waals surface area contributed by atoms with Crippen LogP contribution in [0.1, 0.15) is 17.2 Å². The number of fused-ring (bicyclic) bond motifs is 1. The summed E-state index contributed by atoms with van der Waals surface area (Å²) in [5.41, 5.74) is 10.4. The van der Waals surface area contributed by atoms with Crippen LogP contribution in [0.25, 0.3) is 22.4 Å². The molecule has 0 saturated heterocycles. The number of H-pyrrole nitrogens is 1. The van der Waals surface area contributed by atoms with E-state index in [1.165, 1.54) is 5.56 Å². The highest BCUT2D eigenvalue weighted by molar-refractivity contribution is 5.80. The predicted octanol–water partition coefficient (Wildman–Crippen LogP) is 2.53. The average Bonchev–Trinajstić information content (AvgIpc) is 2.89. The van der Waals surface area contributed by atoms with Gasteiger partial charge in [-0.1, -0.05) is 30.3 Å². The van der Waals surface area contributed by atoms with Gasteiger partial charge < -0.3 is 15.8 Å². The largest absolute Gasteiger partial charge is 0.387 e. The van der Waals surface area contributed by atoms with Gasteiger partial charge in [-0.25, -0.2) is 4.98 Å². The van der Waals surface area contributed by atoms with Gasteiger partial charge in [0, 0.05) is 12.1 Å². The van der Waals surface area contributed by atoms with Crippen LogP contribution in [0.4, 0.5) is 0 Å². The molecule has 0 saturated carbocycles. The topological polar surface area (TPSA) is 74.9 Å². The fraction of sp³-hybridized carbons (Fsp3) is 0.188. The highest BCUT2D eigenvalue weighted by atomic mass is 16.3. The summed E-state index contributed by atoms with van der Waals surface area (Å²) < 4.78 is 0. The van der Waals surface area contributed by atoms with Crippen molar-refractivity contribution < 1.29 is 5.11 Å². The van der Waals surface area contributed by atoms with E-state index >= 15 is 0 Å². The maximum atomic E-state index is 9.80. The van der Waals surface area contributed by atoms with E-state index in [4.69, 9.17) is 5.73 Å². The molecule has 0 amide bonds. The molecule has 1 atom stereocenters. The minimum absolute atomic E-state index is 0.213. The number of aryl methyl sites for hydroxylation is 1. The maximum Gasteiger partial charge on any atom is 0.138 e. The smallest absolute Gasteiger partial charge is 0.138 e. The molecule has 0 radical (unpaired) electrons. The van der Waals surface area contributed by atoms with Crippen molar-refractivity contribution in [3.63, 3.8) is 0 Å². The Morgan fingerprint density at radius 3 is 2.80 bits per heavy atom. The van der Waals surface area contributed by atoms with Gasteiger partial charge in [0.05, 0.1) is 17.1 Å². The summed E-state index contributed by atoms with van der Waals surface area (Å²) in [6.07, 6.45) is -0.635. The summed E-state index contributed by atoms with van der Waals surface area (Å²) in [4.78, 5) is 7.91. The highest BCUT2D eigenvalue weighted by Gasteiger charge is 2.10. The Bertz CT molecular complexity index is 748. The molecule has 4 heteroatoms. The minimum atomic E-state index is -0.635. The molecule has 4 N–H and O–H groups in total. The van der Waals surface area contributed by atoms with Gasteiger partial charge in [-0.2, -0.15) is 0 Å². The Balaban J connectivity index is 2.09. The third-order valence-electron chi connectivity index (χ3n) is 3.51. The summed E-state index contributed by atoms with van der Waals surface area (Å²) >= 11 is 0. The van der Waals surface area contributed by atoms with E-state index in [9.17, 15) is 5.11 Å². The number of nitrogens with one attached hydrogen (secondary N) is 1. The molecule has 1 heterocycles. The molecule has 0 aliphatic rings. The summed E-state index contributed by atoms with van der Waals surface area (Å²) in [5.74, 6) is 0.845. The lowest BCUT2D eigenvalue weighted by Gasteiger charge is -2.06. The Kier molecular flexibility index (Phi) is 3.26. The van der Waals surface area contributed by atoms with E-state index in [-0.39, 0.29) is 6.54 Å². The van der Waals surface area contributed by atoms with E-state index in [0.29, 0.717) is 0 Å².